The van der Waals surface area contributed by atoms with E-state index < -0.39 is 0 Å². The van der Waals surface area contributed by atoms with E-state index in [-0.39, 0.29) is 11.6 Å². The van der Waals surface area contributed by atoms with Gasteiger partial charge in [0, 0.05) is 37.5 Å². The van der Waals surface area contributed by atoms with Crippen LogP contribution < -0.4 is 20.5 Å². The fourth-order valence-electron chi connectivity index (χ4n) is 3.17. The van der Waals surface area contributed by atoms with Crippen molar-refractivity contribution < 1.29 is 14.3 Å². The minimum atomic E-state index is -0.152. The van der Waals surface area contributed by atoms with Crippen molar-refractivity contribution in [3.63, 3.8) is 0 Å². The number of aliphatic imine (C=N–C) groups is 1. The Labute approximate surface area is 178 Å². The third kappa shape index (κ3) is 6.22. The third-order valence-electron chi connectivity index (χ3n) is 4.70. The molecule has 162 valence electrons. The summed E-state index contributed by atoms with van der Waals surface area (Å²) in [6.45, 7) is 8.72. The first-order valence-electron chi connectivity index (χ1n) is 10.1. The second-order valence-electron chi connectivity index (χ2n) is 6.85. The van der Waals surface area contributed by atoms with Gasteiger partial charge in [-0.3, -0.25) is 9.79 Å². The van der Waals surface area contributed by atoms with Gasteiger partial charge < -0.3 is 25.4 Å². The van der Waals surface area contributed by atoms with Crippen LogP contribution >= 0.6 is 0 Å². The molecule has 1 aliphatic heterocycles. The molecule has 7 nitrogen and oxygen atoms in total. The number of allylic oxidation sites excluding steroid dienone is 3. The molecule has 0 aliphatic carbocycles. The molecule has 2 rings (SSSR count). The van der Waals surface area contributed by atoms with Gasteiger partial charge in [0.25, 0.3) is 5.91 Å². The molecule has 1 saturated heterocycles. The number of amides is 1. The van der Waals surface area contributed by atoms with Crippen molar-refractivity contribution in [2.45, 2.75) is 19.8 Å². The van der Waals surface area contributed by atoms with Gasteiger partial charge in [-0.2, -0.15) is 0 Å². The molecular formula is C23H32N4O3. The van der Waals surface area contributed by atoms with Crippen LogP contribution in [0, 0.1) is 0 Å². The molecule has 0 saturated carbocycles. The number of nitrogens with one attached hydrogen (secondary N) is 1. The summed E-state index contributed by atoms with van der Waals surface area (Å²) in [5.41, 5.74) is 8.63. The average molecular weight is 413 g/mol. The molecule has 1 aromatic carbocycles. The van der Waals surface area contributed by atoms with Gasteiger partial charge >= 0.3 is 0 Å². The maximum Gasteiger partial charge on any atom is 0.269 e. The summed E-state index contributed by atoms with van der Waals surface area (Å²) in [4.78, 5) is 19.2. The molecule has 0 atom stereocenters. The SMILES string of the molecule is C=C\C=C(/N=C(\C=C(/N)C(=O)N1CCNCC1)CCC)c1ccc(OC)c(OC)c1. The van der Waals surface area contributed by atoms with E-state index >= 15 is 0 Å². The summed E-state index contributed by atoms with van der Waals surface area (Å²) in [7, 11) is 3.19. The molecule has 0 aromatic heterocycles. The van der Waals surface area contributed by atoms with Gasteiger partial charge in [-0.15, -0.1) is 0 Å². The lowest BCUT2D eigenvalue weighted by molar-refractivity contribution is -0.127. The van der Waals surface area contributed by atoms with Gasteiger partial charge in [-0.25, -0.2) is 0 Å². The Kier molecular flexibility index (Phi) is 9.15. The fraction of sp³-hybridized carbons (Fsp3) is 0.391. The second-order valence-corrected chi connectivity index (χ2v) is 6.85. The Balaban J connectivity index is 2.37. The van der Waals surface area contributed by atoms with Gasteiger partial charge in [-0.05, 0) is 36.8 Å². The highest BCUT2D eigenvalue weighted by Gasteiger charge is 2.18. The average Bonchev–Trinajstić information content (AvgIpc) is 2.78. The zero-order valence-corrected chi connectivity index (χ0v) is 18.1. The number of methoxy groups -OCH3 is 2. The first-order valence-corrected chi connectivity index (χ1v) is 10.1. The van der Waals surface area contributed by atoms with Crippen molar-refractivity contribution in [1.82, 2.24) is 10.2 Å². The third-order valence-corrected chi connectivity index (χ3v) is 4.70. The number of rotatable bonds is 9. The highest BCUT2D eigenvalue weighted by molar-refractivity contribution is 6.05. The summed E-state index contributed by atoms with van der Waals surface area (Å²) < 4.78 is 10.7. The maximum atomic E-state index is 12.7. The minimum absolute atomic E-state index is 0.152. The number of ether oxygens (including phenoxy) is 2. The lowest BCUT2D eigenvalue weighted by Gasteiger charge is -2.27. The molecule has 0 bridgehead atoms. The lowest BCUT2D eigenvalue weighted by atomic mass is 10.1. The van der Waals surface area contributed by atoms with Crippen molar-refractivity contribution >= 4 is 17.3 Å². The molecule has 1 aliphatic rings. The van der Waals surface area contributed by atoms with E-state index in [0.29, 0.717) is 36.7 Å². The summed E-state index contributed by atoms with van der Waals surface area (Å²) >= 11 is 0. The first kappa shape index (κ1) is 23.2. The normalized spacial score (nSPS) is 15.7. The number of hydrogen-bond acceptors (Lipinski definition) is 6. The molecule has 0 spiro atoms. The van der Waals surface area contributed by atoms with E-state index in [0.717, 1.165) is 30.8 Å². The summed E-state index contributed by atoms with van der Waals surface area (Å²) in [6, 6.07) is 5.60. The number of carbonyl (C=O) groups excluding carboxylic acids is 1. The summed E-state index contributed by atoms with van der Waals surface area (Å²) in [6.07, 6.45) is 6.75. The Morgan fingerprint density at radius 3 is 2.57 bits per heavy atom. The van der Waals surface area contributed by atoms with Crippen LogP contribution in [-0.2, 0) is 4.79 Å². The quantitative estimate of drug-likeness (QED) is 0.370. The van der Waals surface area contributed by atoms with Crippen molar-refractivity contribution in [1.29, 1.82) is 0 Å². The van der Waals surface area contributed by atoms with Crippen LogP contribution in [0.15, 0.2) is 53.7 Å². The topological polar surface area (TPSA) is 89.2 Å². The van der Waals surface area contributed by atoms with E-state index in [9.17, 15) is 4.79 Å². The van der Waals surface area contributed by atoms with Gasteiger partial charge in [0.2, 0.25) is 0 Å². The lowest BCUT2D eigenvalue weighted by Crippen LogP contribution is -2.47. The second kappa shape index (κ2) is 11.8. The van der Waals surface area contributed by atoms with Gasteiger partial charge in [0.15, 0.2) is 11.5 Å². The number of nitrogens with two attached hydrogens (primary N) is 1. The molecule has 1 aromatic rings. The van der Waals surface area contributed by atoms with Crippen LogP contribution in [0.2, 0.25) is 0 Å². The maximum absolute atomic E-state index is 12.7. The van der Waals surface area contributed by atoms with Crippen LogP contribution in [0.1, 0.15) is 25.3 Å². The number of benzene rings is 1. The number of hydrogen-bond donors (Lipinski definition) is 2. The number of carbonyl (C=O) groups is 1. The molecule has 1 heterocycles. The van der Waals surface area contributed by atoms with Crippen molar-refractivity contribution in [2.24, 2.45) is 10.7 Å². The van der Waals surface area contributed by atoms with Crippen LogP contribution in [0.5, 0.6) is 11.5 Å². The smallest absolute Gasteiger partial charge is 0.269 e. The highest BCUT2D eigenvalue weighted by Crippen LogP contribution is 2.31. The molecular weight excluding hydrogens is 380 g/mol. The minimum Gasteiger partial charge on any atom is -0.493 e. The zero-order valence-electron chi connectivity index (χ0n) is 18.1. The standard InChI is InChI=1S/C23H32N4O3/c1-5-7-18(16-19(24)23(28)27-13-11-25-12-14-27)26-20(8-6-2)17-9-10-21(29-3)22(15-17)30-4/h6,8-10,15-16,25H,2,5,7,11-14,24H2,1,3-4H3/b19-16-,20-8-,26-18-. The molecule has 0 radical (unpaired) electrons. The highest BCUT2D eigenvalue weighted by atomic mass is 16.5. The van der Waals surface area contributed by atoms with E-state index in [2.05, 4.69) is 18.8 Å². The zero-order chi connectivity index (χ0) is 21.9. The summed E-state index contributed by atoms with van der Waals surface area (Å²) in [5.74, 6) is 1.10. The van der Waals surface area contributed by atoms with E-state index in [4.69, 9.17) is 20.2 Å². The molecule has 0 unspecified atom stereocenters. The van der Waals surface area contributed by atoms with Gasteiger partial charge in [-0.1, -0.05) is 26.0 Å². The Bertz CT molecular complexity index is 837. The monoisotopic (exact) mass is 412 g/mol. The molecule has 1 fully saturated rings. The van der Waals surface area contributed by atoms with E-state index in [1.807, 2.05) is 24.3 Å². The fourth-order valence-corrected chi connectivity index (χ4v) is 3.17. The Hall–Kier alpha value is -3.06. The van der Waals surface area contributed by atoms with Crippen molar-refractivity contribution in [2.75, 3.05) is 40.4 Å². The Morgan fingerprint density at radius 1 is 1.27 bits per heavy atom. The molecule has 30 heavy (non-hydrogen) atoms. The molecule has 3 N–H and O–H groups in total. The number of nitrogens with zero attached hydrogens (tertiary/aromatic N) is 2. The predicted molar refractivity (Wildman–Crippen MR) is 122 cm³/mol. The van der Waals surface area contributed by atoms with Crippen LogP contribution in [-0.4, -0.2) is 56.9 Å². The van der Waals surface area contributed by atoms with Crippen LogP contribution in [0.25, 0.3) is 5.70 Å². The van der Waals surface area contributed by atoms with Gasteiger partial charge in [0.05, 0.1) is 25.6 Å². The van der Waals surface area contributed by atoms with E-state index in [1.54, 1.807) is 31.3 Å². The van der Waals surface area contributed by atoms with E-state index in [1.165, 1.54) is 0 Å². The van der Waals surface area contributed by atoms with Crippen LogP contribution in [0.3, 0.4) is 0 Å². The Morgan fingerprint density at radius 2 is 1.97 bits per heavy atom. The van der Waals surface area contributed by atoms with Crippen molar-refractivity contribution in [3.05, 3.63) is 54.3 Å². The van der Waals surface area contributed by atoms with Crippen LogP contribution in [0.4, 0.5) is 0 Å². The summed E-state index contributed by atoms with van der Waals surface area (Å²) in [5, 5.41) is 3.23. The number of piperazine rings is 1. The van der Waals surface area contributed by atoms with Gasteiger partial charge in [0.1, 0.15) is 0 Å². The van der Waals surface area contributed by atoms with Crippen molar-refractivity contribution in [3.8, 4) is 11.5 Å². The predicted octanol–water partition coefficient (Wildman–Crippen LogP) is 2.75. The molecule has 7 heteroatoms. The molecule has 1 amide bonds. The largest absolute Gasteiger partial charge is 0.493 e. The first-order chi connectivity index (χ1) is 14.5.